The molecule has 4 heterocycles. The predicted molar refractivity (Wildman–Crippen MR) is 86.0 cm³/mol. The summed E-state index contributed by atoms with van der Waals surface area (Å²) in [5.41, 5.74) is 2.06. The van der Waals surface area contributed by atoms with Gasteiger partial charge >= 0.3 is 0 Å². The number of aromatic nitrogens is 3. The number of imidazole rings is 1. The van der Waals surface area contributed by atoms with Crippen LogP contribution in [0.1, 0.15) is 37.5 Å². The molecule has 2 fully saturated rings. The lowest BCUT2D eigenvalue weighted by molar-refractivity contribution is 0.108. The first kappa shape index (κ1) is 14.2. The van der Waals surface area contributed by atoms with Gasteiger partial charge in [-0.3, -0.25) is 0 Å². The van der Waals surface area contributed by atoms with Crippen LogP contribution in [0.2, 0.25) is 0 Å². The minimum Gasteiger partial charge on any atom is -0.378 e. The van der Waals surface area contributed by atoms with Crippen molar-refractivity contribution >= 4 is 11.2 Å². The molecule has 5 nitrogen and oxygen atoms in total. The molecule has 2 aliphatic heterocycles. The summed E-state index contributed by atoms with van der Waals surface area (Å²) in [7, 11) is 2.21. The van der Waals surface area contributed by atoms with Gasteiger partial charge in [0.15, 0.2) is 5.65 Å². The number of nitrogens with zero attached hydrogens (tertiary/aromatic N) is 4. The van der Waals surface area contributed by atoms with E-state index >= 15 is 0 Å². The van der Waals surface area contributed by atoms with Gasteiger partial charge in [0.05, 0.1) is 6.10 Å². The van der Waals surface area contributed by atoms with Gasteiger partial charge in [-0.15, -0.1) is 0 Å². The largest absolute Gasteiger partial charge is 0.378 e. The lowest BCUT2D eigenvalue weighted by Crippen LogP contribution is -2.34. The Hall–Kier alpha value is -1.46. The Morgan fingerprint density at radius 1 is 1.32 bits per heavy atom. The minimum absolute atomic E-state index is 0.330. The molecule has 2 saturated heterocycles. The van der Waals surface area contributed by atoms with E-state index in [0.717, 1.165) is 43.0 Å². The maximum atomic E-state index is 5.83. The number of ether oxygens (including phenoxy) is 1. The lowest BCUT2D eigenvalue weighted by atomic mass is 10.1. The highest BCUT2D eigenvalue weighted by molar-refractivity contribution is 5.71. The second kappa shape index (κ2) is 5.97. The highest BCUT2D eigenvalue weighted by atomic mass is 16.5. The molecule has 0 aromatic carbocycles. The average molecular weight is 300 g/mol. The molecule has 2 atom stereocenters. The van der Waals surface area contributed by atoms with E-state index in [2.05, 4.69) is 27.6 Å². The molecule has 0 radical (unpaired) electrons. The Labute approximate surface area is 131 Å². The van der Waals surface area contributed by atoms with Crippen LogP contribution in [0.5, 0.6) is 0 Å². The first-order valence-electron chi connectivity index (χ1n) is 8.43. The van der Waals surface area contributed by atoms with Crippen molar-refractivity contribution in [2.24, 2.45) is 0 Å². The van der Waals surface area contributed by atoms with Gasteiger partial charge in [0.2, 0.25) is 0 Å². The van der Waals surface area contributed by atoms with Crippen LogP contribution >= 0.6 is 0 Å². The quantitative estimate of drug-likeness (QED) is 0.873. The van der Waals surface area contributed by atoms with E-state index in [9.17, 15) is 0 Å². The van der Waals surface area contributed by atoms with E-state index in [1.165, 1.54) is 25.8 Å². The van der Waals surface area contributed by atoms with Crippen LogP contribution in [0, 0.1) is 0 Å². The molecule has 118 valence electrons. The standard InChI is InChI=1S/C17H24N4O/c1-20-9-3-5-13(12-20)21-16(11-14-6-4-10-22-14)19-15-7-2-8-18-17(15)21/h2,7-8,13-14H,3-6,9-12H2,1H3. The fourth-order valence-corrected chi connectivity index (χ4v) is 3.86. The molecular formula is C17H24N4O. The predicted octanol–water partition coefficient (Wildman–Crippen LogP) is 2.42. The van der Waals surface area contributed by atoms with Crippen LogP contribution in [-0.2, 0) is 11.2 Å². The highest BCUT2D eigenvalue weighted by Gasteiger charge is 2.26. The maximum Gasteiger partial charge on any atom is 0.160 e. The molecule has 0 bridgehead atoms. The summed E-state index contributed by atoms with van der Waals surface area (Å²) in [5, 5.41) is 0. The van der Waals surface area contributed by atoms with Gasteiger partial charge in [-0.25, -0.2) is 9.97 Å². The Kier molecular flexibility index (Phi) is 3.84. The molecule has 2 unspecified atom stereocenters. The molecule has 0 aliphatic carbocycles. The van der Waals surface area contributed by atoms with Gasteiger partial charge in [0.1, 0.15) is 11.3 Å². The first-order valence-corrected chi connectivity index (χ1v) is 8.43. The van der Waals surface area contributed by atoms with Crippen molar-refractivity contribution < 1.29 is 4.74 Å². The van der Waals surface area contributed by atoms with Crippen molar-refractivity contribution in [3.63, 3.8) is 0 Å². The van der Waals surface area contributed by atoms with E-state index in [1.807, 2.05) is 12.3 Å². The van der Waals surface area contributed by atoms with Crippen molar-refractivity contribution in [3.8, 4) is 0 Å². The first-order chi connectivity index (χ1) is 10.8. The van der Waals surface area contributed by atoms with E-state index in [0.29, 0.717) is 12.1 Å². The van der Waals surface area contributed by atoms with Crippen LogP contribution in [-0.4, -0.2) is 52.3 Å². The fourth-order valence-electron chi connectivity index (χ4n) is 3.86. The molecule has 4 rings (SSSR count). The monoisotopic (exact) mass is 300 g/mol. The third-order valence-corrected chi connectivity index (χ3v) is 4.92. The summed E-state index contributed by atoms with van der Waals surface area (Å²) >= 11 is 0. The molecule has 2 aromatic heterocycles. The molecule has 5 heteroatoms. The van der Waals surface area contributed by atoms with Gasteiger partial charge < -0.3 is 14.2 Å². The zero-order valence-electron chi connectivity index (χ0n) is 13.2. The Morgan fingerprint density at radius 2 is 2.27 bits per heavy atom. The summed E-state index contributed by atoms with van der Waals surface area (Å²) < 4.78 is 8.23. The number of pyridine rings is 1. The van der Waals surface area contributed by atoms with Gasteiger partial charge in [-0.2, -0.15) is 0 Å². The SMILES string of the molecule is CN1CCCC(n2c(CC3CCCO3)nc3cccnc32)C1. The van der Waals surface area contributed by atoms with Crippen molar-refractivity contribution in [3.05, 3.63) is 24.2 Å². The summed E-state index contributed by atoms with van der Waals surface area (Å²) in [6.45, 7) is 3.17. The molecule has 2 aliphatic rings. The normalized spacial score (nSPS) is 26.8. The van der Waals surface area contributed by atoms with Crippen molar-refractivity contribution in [2.45, 2.75) is 44.2 Å². The Morgan fingerprint density at radius 3 is 3.09 bits per heavy atom. The van der Waals surface area contributed by atoms with Crippen molar-refractivity contribution in [2.75, 3.05) is 26.7 Å². The number of likely N-dealkylation sites (tertiary alicyclic amines) is 1. The number of rotatable bonds is 3. The lowest BCUT2D eigenvalue weighted by Gasteiger charge is -2.31. The number of likely N-dealkylation sites (N-methyl/N-ethyl adjacent to an activating group) is 1. The molecule has 0 saturated carbocycles. The summed E-state index contributed by atoms with van der Waals surface area (Å²) in [5.74, 6) is 1.15. The third kappa shape index (κ3) is 2.63. The second-order valence-corrected chi connectivity index (χ2v) is 6.64. The molecular weight excluding hydrogens is 276 g/mol. The van der Waals surface area contributed by atoms with Crippen LogP contribution in [0.15, 0.2) is 18.3 Å². The van der Waals surface area contributed by atoms with Crippen LogP contribution < -0.4 is 0 Å². The zero-order chi connectivity index (χ0) is 14.9. The van der Waals surface area contributed by atoms with E-state index in [1.54, 1.807) is 0 Å². The molecule has 0 spiro atoms. The zero-order valence-corrected chi connectivity index (χ0v) is 13.2. The topological polar surface area (TPSA) is 43.2 Å². The number of piperidine rings is 1. The highest BCUT2D eigenvalue weighted by Crippen LogP contribution is 2.28. The Bertz CT molecular complexity index is 647. The molecule has 2 aromatic rings. The molecule has 0 N–H and O–H groups in total. The average Bonchev–Trinajstić information content (AvgIpc) is 3.14. The summed E-state index contributed by atoms with van der Waals surface area (Å²) in [6, 6.07) is 4.53. The van der Waals surface area contributed by atoms with Crippen LogP contribution in [0.25, 0.3) is 11.2 Å². The van der Waals surface area contributed by atoms with Gasteiger partial charge in [-0.05, 0) is 51.4 Å². The van der Waals surface area contributed by atoms with E-state index in [-0.39, 0.29) is 0 Å². The summed E-state index contributed by atoms with van der Waals surface area (Å²) in [6.07, 6.45) is 7.91. The minimum atomic E-state index is 0.330. The number of fused-ring (bicyclic) bond motifs is 1. The van der Waals surface area contributed by atoms with E-state index in [4.69, 9.17) is 9.72 Å². The second-order valence-electron chi connectivity index (χ2n) is 6.64. The Balaban J connectivity index is 1.72. The summed E-state index contributed by atoms with van der Waals surface area (Å²) in [4.78, 5) is 11.9. The smallest absolute Gasteiger partial charge is 0.160 e. The van der Waals surface area contributed by atoms with E-state index < -0.39 is 0 Å². The third-order valence-electron chi connectivity index (χ3n) is 4.92. The van der Waals surface area contributed by atoms with Crippen LogP contribution in [0.3, 0.4) is 0 Å². The number of hydrogen-bond donors (Lipinski definition) is 0. The van der Waals surface area contributed by atoms with Gasteiger partial charge in [0, 0.05) is 31.8 Å². The fraction of sp³-hybridized carbons (Fsp3) is 0.647. The van der Waals surface area contributed by atoms with Crippen molar-refractivity contribution in [1.29, 1.82) is 0 Å². The van der Waals surface area contributed by atoms with Gasteiger partial charge in [0.25, 0.3) is 0 Å². The molecule has 0 amide bonds. The van der Waals surface area contributed by atoms with Crippen LogP contribution in [0.4, 0.5) is 0 Å². The number of hydrogen-bond acceptors (Lipinski definition) is 4. The van der Waals surface area contributed by atoms with Gasteiger partial charge in [-0.1, -0.05) is 0 Å². The maximum absolute atomic E-state index is 5.83. The van der Waals surface area contributed by atoms with Crippen molar-refractivity contribution in [1.82, 2.24) is 19.4 Å². The molecule has 22 heavy (non-hydrogen) atoms.